The molecule has 1 aromatic heterocycles. The zero-order valence-electron chi connectivity index (χ0n) is 16.2. The molecule has 144 valence electrons. The summed E-state index contributed by atoms with van der Waals surface area (Å²) in [5.41, 5.74) is 0.506. The number of benzene rings is 1. The van der Waals surface area contributed by atoms with Crippen molar-refractivity contribution in [3.8, 4) is 11.4 Å². The predicted octanol–water partition coefficient (Wildman–Crippen LogP) is 3.90. The van der Waals surface area contributed by atoms with Crippen LogP contribution in [-0.4, -0.2) is 45.6 Å². The molecule has 2 aliphatic rings. The Morgan fingerprint density at radius 2 is 1.81 bits per heavy atom. The first-order valence-electron chi connectivity index (χ1n) is 9.63. The first kappa shape index (κ1) is 17.9. The summed E-state index contributed by atoms with van der Waals surface area (Å²) in [5, 5.41) is 4.32. The fourth-order valence-electron chi connectivity index (χ4n) is 4.15. The van der Waals surface area contributed by atoms with Crippen molar-refractivity contribution in [3.63, 3.8) is 0 Å². The topological polar surface area (TPSA) is 56.6 Å². The van der Waals surface area contributed by atoms with Crippen molar-refractivity contribution >= 4 is 6.09 Å². The van der Waals surface area contributed by atoms with Crippen LogP contribution in [0.3, 0.4) is 0 Å². The van der Waals surface area contributed by atoms with Gasteiger partial charge in [0.15, 0.2) is 0 Å². The van der Waals surface area contributed by atoms with Crippen molar-refractivity contribution in [1.29, 1.82) is 0 Å². The third-order valence-corrected chi connectivity index (χ3v) is 5.27. The summed E-state index contributed by atoms with van der Waals surface area (Å²) < 4.78 is 13.7. The van der Waals surface area contributed by atoms with Gasteiger partial charge in [0.05, 0.1) is 6.10 Å². The third-order valence-electron chi connectivity index (χ3n) is 5.27. The van der Waals surface area contributed by atoms with E-state index in [1.54, 1.807) is 6.20 Å². The summed E-state index contributed by atoms with van der Waals surface area (Å²) in [5.74, 6) is 1.83. The molecule has 2 aromatic rings. The van der Waals surface area contributed by atoms with Gasteiger partial charge in [-0.15, -0.1) is 0 Å². The highest BCUT2D eigenvalue weighted by molar-refractivity contribution is 5.68. The van der Waals surface area contributed by atoms with E-state index < -0.39 is 5.60 Å². The SMILES string of the molecule is CC(C)(C)OC(=O)N1C[C@H]2C[C@H](Oc3ccccc3-n3cccn3)C[C@H]2C1. The van der Waals surface area contributed by atoms with Gasteiger partial charge >= 0.3 is 6.09 Å². The highest BCUT2D eigenvalue weighted by atomic mass is 16.6. The van der Waals surface area contributed by atoms with Gasteiger partial charge in [-0.3, -0.25) is 0 Å². The maximum Gasteiger partial charge on any atom is 0.410 e. The minimum Gasteiger partial charge on any atom is -0.488 e. The second kappa shape index (κ2) is 6.91. The van der Waals surface area contributed by atoms with Crippen LogP contribution in [0.25, 0.3) is 5.69 Å². The molecule has 1 aliphatic carbocycles. The van der Waals surface area contributed by atoms with Crippen LogP contribution in [0.1, 0.15) is 33.6 Å². The molecule has 1 saturated carbocycles. The Balaban J connectivity index is 1.37. The Labute approximate surface area is 160 Å². The van der Waals surface area contributed by atoms with Crippen LogP contribution in [-0.2, 0) is 4.74 Å². The molecule has 4 rings (SSSR count). The summed E-state index contributed by atoms with van der Waals surface area (Å²) >= 11 is 0. The normalized spacial score (nSPS) is 24.7. The molecule has 1 aromatic carbocycles. The lowest BCUT2D eigenvalue weighted by Crippen LogP contribution is -2.36. The van der Waals surface area contributed by atoms with E-state index in [0.29, 0.717) is 11.8 Å². The molecule has 0 N–H and O–H groups in total. The third kappa shape index (κ3) is 3.94. The maximum atomic E-state index is 12.3. The van der Waals surface area contributed by atoms with Gasteiger partial charge in [-0.05, 0) is 63.6 Å². The van der Waals surface area contributed by atoms with Crippen molar-refractivity contribution < 1.29 is 14.3 Å². The summed E-state index contributed by atoms with van der Waals surface area (Å²) in [6, 6.07) is 9.90. The standard InChI is InChI=1S/C21H27N3O3/c1-21(2,3)27-20(25)23-13-15-11-17(12-16(15)14-23)26-19-8-5-4-7-18(19)24-10-6-9-22-24/h4-10,15-17H,11-14H2,1-3H3/t15-,16+,17+. The number of hydrogen-bond acceptors (Lipinski definition) is 4. The molecule has 0 unspecified atom stereocenters. The van der Waals surface area contributed by atoms with E-state index in [0.717, 1.165) is 37.4 Å². The molecule has 0 spiro atoms. The van der Waals surface area contributed by atoms with Gasteiger partial charge in [-0.25, -0.2) is 9.48 Å². The van der Waals surface area contributed by atoms with Crippen LogP contribution < -0.4 is 4.74 Å². The zero-order chi connectivity index (χ0) is 19.0. The number of fused-ring (bicyclic) bond motifs is 1. The van der Waals surface area contributed by atoms with Crippen LogP contribution in [0.15, 0.2) is 42.7 Å². The van der Waals surface area contributed by atoms with Crippen molar-refractivity contribution in [1.82, 2.24) is 14.7 Å². The second-order valence-electron chi connectivity index (χ2n) is 8.54. The first-order valence-corrected chi connectivity index (χ1v) is 9.63. The van der Waals surface area contributed by atoms with Crippen LogP contribution in [0.2, 0.25) is 0 Å². The maximum absolute atomic E-state index is 12.3. The average Bonchev–Trinajstić information content (AvgIpc) is 3.29. The molecule has 27 heavy (non-hydrogen) atoms. The minimum atomic E-state index is -0.448. The molecule has 6 heteroatoms. The number of para-hydroxylation sites is 2. The van der Waals surface area contributed by atoms with Crippen LogP contribution in [0.4, 0.5) is 4.79 Å². The average molecular weight is 369 g/mol. The predicted molar refractivity (Wildman–Crippen MR) is 102 cm³/mol. The minimum absolute atomic E-state index is 0.178. The largest absolute Gasteiger partial charge is 0.488 e. The summed E-state index contributed by atoms with van der Waals surface area (Å²) in [4.78, 5) is 14.2. The highest BCUT2D eigenvalue weighted by Crippen LogP contribution is 2.40. The van der Waals surface area contributed by atoms with E-state index in [4.69, 9.17) is 9.47 Å². The second-order valence-corrected chi connectivity index (χ2v) is 8.54. The van der Waals surface area contributed by atoms with Crippen molar-refractivity contribution in [2.24, 2.45) is 11.8 Å². The lowest BCUT2D eigenvalue weighted by atomic mass is 10.0. The molecule has 3 atom stereocenters. The molecule has 0 bridgehead atoms. The smallest absolute Gasteiger partial charge is 0.410 e. The number of hydrogen-bond donors (Lipinski definition) is 0. The first-order chi connectivity index (χ1) is 12.9. The molecule has 1 amide bonds. The summed E-state index contributed by atoms with van der Waals surface area (Å²) in [6.45, 7) is 7.24. The number of carbonyl (C=O) groups excluding carboxylic acids is 1. The molecule has 0 radical (unpaired) electrons. The molecule has 2 fully saturated rings. The monoisotopic (exact) mass is 369 g/mol. The number of rotatable bonds is 3. The van der Waals surface area contributed by atoms with Gasteiger partial charge in [-0.1, -0.05) is 12.1 Å². The molecule has 1 saturated heterocycles. The number of likely N-dealkylation sites (tertiary alicyclic amines) is 1. The molecule has 1 aliphatic heterocycles. The lowest BCUT2D eigenvalue weighted by molar-refractivity contribution is 0.0272. The van der Waals surface area contributed by atoms with Gasteiger partial charge < -0.3 is 14.4 Å². The van der Waals surface area contributed by atoms with Gasteiger partial charge in [0.2, 0.25) is 0 Å². The van der Waals surface area contributed by atoms with E-state index in [-0.39, 0.29) is 12.2 Å². The Bertz CT molecular complexity index is 783. The van der Waals surface area contributed by atoms with E-state index >= 15 is 0 Å². The van der Waals surface area contributed by atoms with Crippen molar-refractivity contribution in [2.75, 3.05) is 13.1 Å². The van der Waals surface area contributed by atoms with E-state index in [1.807, 2.05) is 66.9 Å². The van der Waals surface area contributed by atoms with Gasteiger partial charge in [-0.2, -0.15) is 5.10 Å². The fraction of sp³-hybridized carbons (Fsp3) is 0.524. The number of carbonyl (C=O) groups is 1. The van der Waals surface area contributed by atoms with Crippen LogP contribution >= 0.6 is 0 Å². The van der Waals surface area contributed by atoms with Crippen LogP contribution in [0, 0.1) is 11.8 Å². The van der Waals surface area contributed by atoms with Gasteiger partial charge in [0.1, 0.15) is 17.0 Å². The van der Waals surface area contributed by atoms with Crippen LogP contribution in [0.5, 0.6) is 5.75 Å². The van der Waals surface area contributed by atoms with Crippen molar-refractivity contribution in [3.05, 3.63) is 42.7 Å². The number of ether oxygens (including phenoxy) is 2. The summed E-state index contributed by atoms with van der Waals surface area (Å²) in [6.07, 6.45) is 5.61. The number of amides is 1. The number of aromatic nitrogens is 2. The Morgan fingerprint density at radius 3 is 2.44 bits per heavy atom. The molecule has 2 heterocycles. The Kier molecular flexibility index (Phi) is 4.58. The quantitative estimate of drug-likeness (QED) is 0.823. The Hall–Kier alpha value is -2.50. The summed E-state index contributed by atoms with van der Waals surface area (Å²) in [7, 11) is 0. The molecular weight excluding hydrogens is 342 g/mol. The Morgan fingerprint density at radius 1 is 1.11 bits per heavy atom. The molecule has 6 nitrogen and oxygen atoms in total. The highest BCUT2D eigenvalue weighted by Gasteiger charge is 2.44. The molecular formula is C21H27N3O3. The van der Waals surface area contributed by atoms with Gasteiger partial charge in [0, 0.05) is 25.5 Å². The van der Waals surface area contributed by atoms with Gasteiger partial charge in [0.25, 0.3) is 0 Å². The number of nitrogens with zero attached hydrogens (tertiary/aromatic N) is 3. The van der Waals surface area contributed by atoms with Crippen molar-refractivity contribution in [2.45, 2.75) is 45.3 Å². The van der Waals surface area contributed by atoms with E-state index in [1.165, 1.54) is 0 Å². The lowest BCUT2D eigenvalue weighted by Gasteiger charge is -2.25. The zero-order valence-corrected chi connectivity index (χ0v) is 16.2. The van der Waals surface area contributed by atoms with E-state index in [9.17, 15) is 4.79 Å². The van der Waals surface area contributed by atoms with E-state index in [2.05, 4.69) is 5.10 Å². The fourth-order valence-corrected chi connectivity index (χ4v) is 4.15.